The summed E-state index contributed by atoms with van der Waals surface area (Å²) in [4.78, 5) is 26.1. The molecule has 2 unspecified atom stereocenters. The molecule has 2 aromatic rings. The van der Waals surface area contributed by atoms with E-state index in [0.717, 1.165) is 11.1 Å². The lowest BCUT2D eigenvalue weighted by Crippen LogP contribution is -2.45. The lowest BCUT2D eigenvalue weighted by molar-refractivity contribution is -0.131. The highest BCUT2D eigenvalue weighted by molar-refractivity contribution is 7.91. The van der Waals surface area contributed by atoms with Crippen LogP contribution >= 0.6 is 0 Å². The molecule has 30 heavy (non-hydrogen) atoms. The average Bonchev–Trinajstić information content (AvgIpc) is 3.29. The Kier molecular flexibility index (Phi) is 5.02. The molecule has 2 aromatic carbocycles. The number of fused-ring (bicyclic) bond motifs is 1. The van der Waals surface area contributed by atoms with Gasteiger partial charge in [0.2, 0.25) is 5.91 Å². The smallest absolute Gasteiger partial charge is 0.224 e. The number of ether oxygens (including phenoxy) is 1. The second-order valence-corrected chi connectivity index (χ2v) is 9.99. The van der Waals surface area contributed by atoms with Crippen LogP contribution in [-0.2, 0) is 25.8 Å². The number of aldehydes is 1. The minimum absolute atomic E-state index is 0.202. The fourth-order valence-electron chi connectivity index (χ4n) is 4.30. The van der Waals surface area contributed by atoms with Crippen LogP contribution in [0.5, 0.6) is 5.75 Å². The lowest BCUT2D eigenvalue weighted by atomic mass is 9.86. The standard InChI is InChI=1S/C23H23NO5S/c1-16(26)24-20(17-6-4-3-5-7-17)13-23(2,22(24)14-25)15-30(27,28)19-8-9-21-18(12-19)10-11-29-21/h3-9,12-14,22H,10-11,15H2,1-2H3. The second-order valence-electron chi connectivity index (χ2n) is 8.00. The molecule has 4 rings (SSSR count). The van der Waals surface area contributed by atoms with E-state index in [9.17, 15) is 18.0 Å². The Bertz CT molecular complexity index is 1140. The van der Waals surface area contributed by atoms with E-state index in [0.29, 0.717) is 30.8 Å². The quantitative estimate of drug-likeness (QED) is 0.688. The van der Waals surface area contributed by atoms with Gasteiger partial charge in [-0.1, -0.05) is 43.3 Å². The molecule has 2 heterocycles. The first-order valence-corrected chi connectivity index (χ1v) is 11.4. The molecule has 0 saturated heterocycles. The maximum atomic E-state index is 13.3. The number of rotatable bonds is 5. The predicted octanol–water partition coefficient (Wildman–Crippen LogP) is 2.87. The molecule has 0 fully saturated rings. The Labute approximate surface area is 176 Å². The van der Waals surface area contributed by atoms with Crippen LogP contribution in [0.2, 0.25) is 0 Å². The normalized spacial score (nSPS) is 22.9. The van der Waals surface area contributed by atoms with Crippen molar-refractivity contribution in [1.29, 1.82) is 0 Å². The highest BCUT2D eigenvalue weighted by Gasteiger charge is 2.48. The van der Waals surface area contributed by atoms with E-state index in [1.54, 1.807) is 25.1 Å². The largest absolute Gasteiger partial charge is 0.493 e. The number of sulfone groups is 1. The van der Waals surface area contributed by atoms with Crippen molar-refractivity contribution in [1.82, 2.24) is 4.90 Å². The molecule has 0 radical (unpaired) electrons. The Morgan fingerprint density at radius 2 is 1.97 bits per heavy atom. The van der Waals surface area contributed by atoms with Crippen molar-refractivity contribution in [3.63, 3.8) is 0 Å². The summed E-state index contributed by atoms with van der Waals surface area (Å²) in [5.41, 5.74) is 1.12. The van der Waals surface area contributed by atoms with E-state index >= 15 is 0 Å². The van der Waals surface area contributed by atoms with Crippen molar-refractivity contribution in [3.8, 4) is 5.75 Å². The monoisotopic (exact) mass is 425 g/mol. The molecular weight excluding hydrogens is 402 g/mol. The minimum Gasteiger partial charge on any atom is -0.493 e. The summed E-state index contributed by atoms with van der Waals surface area (Å²) in [6.07, 6.45) is 3.08. The van der Waals surface area contributed by atoms with Gasteiger partial charge in [0.15, 0.2) is 9.84 Å². The van der Waals surface area contributed by atoms with E-state index in [2.05, 4.69) is 0 Å². The maximum absolute atomic E-state index is 13.3. The van der Waals surface area contributed by atoms with E-state index < -0.39 is 21.3 Å². The molecule has 6 nitrogen and oxygen atoms in total. The third-order valence-electron chi connectivity index (χ3n) is 5.74. The van der Waals surface area contributed by atoms with Gasteiger partial charge in [-0.25, -0.2) is 8.42 Å². The number of hydrogen-bond acceptors (Lipinski definition) is 5. The minimum atomic E-state index is -3.72. The number of carbonyl (C=O) groups is 2. The first-order valence-electron chi connectivity index (χ1n) is 9.77. The zero-order valence-electron chi connectivity index (χ0n) is 16.9. The Balaban J connectivity index is 1.75. The van der Waals surface area contributed by atoms with Gasteiger partial charge in [0.25, 0.3) is 0 Å². The molecule has 156 valence electrons. The molecular formula is C23H23NO5S. The molecule has 0 spiro atoms. The fourth-order valence-corrected chi connectivity index (χ4v) is 6.14. The van der Waals surface area contributed by atoms with Crippen molar-refractivity contribution >= 4 is 27.7 Å². The lowest BCUT2D eigenvalue weighted by Gasteiger charge is -2.32. The van der Waals surface area contributed by atoms with Crippen LogP contribution in [0.3, 0.4) is 0 Å². The summed E-state index contributed by atoms with van der Waals surface area (Å²) < 4.78 is 32.0. The molecule has 0 aliphatic carbocycles. The third kappa shape index (κ3) is 3.43. The molecule has 0 N–H and O–H groups in total. The van der Waals surface area contributed by atoms with Crippen LogP contribution in [0.4, 0.5) is 0 Å². The van der Waals surface area contributed by atoms with E-state index in [1.807, 2.05) is 30.3 Å². The van der Waals surface area contributed by atoms with Crippen LogP contribution in [0, 0.1) is 5.41 Å². The summed E-state index contributed by atoms with van der Waals surface area (Å²) in [7, 11) is -3.72. The summed E-state index contributed by atoms with van der Waals surface area (Å²) in [6, 6.07) is 13.2. The second kappa shape index (κ2) is 7.40. The molecule has 7 heteroatoms. The molecule has 0 aromatic heterocycles. The van der Waals surface area contributed by atoms with E-state index in [-0.39, 0.29) is 16.6 Å². The van der Waals surface area contributed by atoms with Gasteiger partial charge in [-0.15, -0.1) is 0 Å². The molecule has 2 aliphatic rings. The van der Waals surface area contributed by atoms with Gasteiger partial charge < -0.3 is 14.4 Å². The molecule has 2 aliphatic heterocycles. The van der Waals surface area contributed by atoms with Gasteiger partial charge in [0.1, 0.15) is 18.1 Å². The highest BCUT2D eigenvalue weighted by atomic mass is 32.2. The van der Waals surface area contributed by atoms with Gasteiger partial charge >= 0.3 is 0 Å². The Hall–Kier alpha value is -2.93. The molecule has 1 amide bonds. The zero-order valence-corrected chi connectivity index (χ0v) is 17.7. The van der Waals surface area contributed by atoms with Crippen molar-refractivity contribution < 1.29 is 22.7 Å². The Morgan fingerprint density at radius 1 is 1.23 bits per heavy atom. The van der Waals surface area contributed by atoms with Gasteiger partial charge in [-0.05, 0) is 29.3 Å². The predicted molar refractivity (Wildman–Crippen MR) is 113 cm³/mol. The first-order chi connectivity index (χ1) is 14.2. The summed E-state index contributed by atoms with van der Waals surface area (Å²) in [6.45, 7) is 3.64. The topological polar surface area (TPSA) is 80.8 Å². The summed E-state index contributed by atoms with van der Waals surface area (Å²) >= 11 is 0. The van der Waals surface area contributed by atoms with Gasteiger partial charge in [-0.2, -0.15) is 0 Å². The van der Waals surface area contributed by atoms with Crippen LogP contribution in [-0.4, -0.2) is 43.9 Å². The van der Waals surface area contributed by atoms with Crippen LogP contribution in [0.1, 0.15) is 25.0 Å². The van der Waals surface area contributed by atoms with Gasteiger partial charge in [-0.3, -0.25) is 4.79 Å². The SMILES string of the molecule is CC(=O)N1C(c2ccccc2)=CC(C)(CS(=O)(=O)c2ccc3c(c2)CCO3)C1C=O. The fraction of sp³-hybridized carbons (Fsp3) is 0.304. The first kappa shape index (κ1) is 20.3. The number of amides is 1. The molecule has 0 saturated carbocycles. The average molecular weight is 426 g/mol. The van der Waals surface area contributed by atoms with Crippen molar-refractivity contribution in [2.24, 2.45) is 5.41 Å². The van der Waals surface area contributed by atoms with E-state index in [4.69, 9.17) is 4.74 Å². The number of nitrogens with zero attached hydrogens (tertiary/aromatic N) is 1. The summed E-state index contributed by atoms with van der Waals surface area (Å²) in [5, 5.41) is 0. The van der Waals surface area contributed by atoms with Crippen LogP contribution in [0.25, 0.3) is 5.70 Å². The molecule has 2 atom stereocenters. The van der Waals surface area contributed by atoms with Gasteiger partial charge in [0.05, 0.1) is 17.3 Å². The third-order valence-corrected chi connectivity index (χ3v) is 7.71. The van der Waals surface area contributed by atoms with Gasteiger partial charge in [0, 0.05) is 24.5 Å². The Morgan fingerprint density at radius 3 is 2.63 bits per heavy atom. The van der Waals surface area contributed by atoms with Crippen molar-refractivity contribution in [2.75, 3.05) is 12.4 Å². The number of carbonyl (C=O) groups excluding carboxylic acids is 2. The van der Waals surface area contributed by atoms with Crippen LogP contribution in [0.15, 0.2) is 59.5 Å². The number of benzene rings is 2. The number of hydrogen-bond donors (Lipinski definition) is 0. The maximum Gasteiger partial charge on any atom is 0.224 e. The highest BCUT2D eigenvalue weighted by Crippen LogP contribution is 2.43. The zero-order chi connectivity index (χ0) is 21.5. The van der Waals surface area contributed by atoms with Crippen molar-refractivity contribution in [2.45, 2.75) is 31.2 Å². The van der Waals surface area contributed by atoms with Crippen LogP contribution < -0.4 is 4.74 Å². The van der Waals surface area contributed by atoms with Crippen molar-refractivity contribution in [3.05, 3.63) is 65.7 Å². The van der Waals surface area contributed by atoms with E-state index in [1.165, 1.54) is 17.9 Å². The molecule has 0 bridgehead atoms. The summed E-state index contributed by atoms with van der Waals surface area (Å²) in [5.74, 6) is 0.113.